The molecule has 1 aromatic carbocycles. The molecule has 1 N–H and O–H groups in total. The Bertz CT molecular complexity index is 448. The molecule has 0 saturated heterocycles. The highest BCUT2D eigenvalue weighted by Gasteiger charge is 2.18. The van der Waals surface area contributed by atoms with Crippen molar-refractivity contribution in [3.05, 3.63) is 34.6 Å². The Morgan fingerprint density at radius 3 is 2.71 bits per heavy atom. The van der Waals surface area contributed by atoms with Gasteiger partial charge in [-0.15, -0.1) is 0 Å². The smallest absolute Gasteiger partial charge is 0.254 e. The van der Waals surface area contributed by atoms with E-state index in [0.717, 1.165) is 0 Å². The molecule has 1 unspecified atom stereocenters. The number of carbonyl (C=O) groups excluding carboxylic acids is 2. The summed E-state index contributed by atoms with van der Waals surface area (Å²) in [5, 5.41) is 2.31. The maximum absolute atomic E-state index is 13.5. The summed E-state index contributed by atoms with van der Waals surface area (Å²) in [5.74, 6) is -1.53. The molecule has 1 rings (SSSR count). The molecule has 0 heterocycles. The van der Waals surface area contributed by atoms with Crippen LogP contribution in [-0.2, 0) is 4.79 Å². The number of amides is 1. The Balaban J connectivity index is 2.84. The van der Waals surface area contributed by atoms with Crippen LogP contribution in [0.15, 0.2) is 18.2 Å². The first-order valence-electron chi connectivity index (χ1n) is 5.25. The standard InChI is InChI=1S/C12H13ClFNO2/c1-3-10(16)7(2)15-12(17)8-5-4-6-9(13)11(8)14/h4-7H,3H2,1-2H3,(H,15,17). The molecule has 0 fully saturated rings. The maximum Gasteiger partial charge on any atom is 0.254 e. The minimum atomic E-state index is -0.775. The van der Waals surface area contributed by atoms with E-state index in [1.165, 1.54) is 18.2 Å². The Hall–Kier alpha value is -1.42. The number of hydrogen-bond acceptors (Lipinski definition) is 2. The van der Waals surface area contributed by atoms with Crippen molar-refractivity contribution in [3.8, 4) is 0 Å². The van der Waals surface area contributed by atoms with Crippen molar-refractivity contribution in [1.82, 2.24) is 5.32 Å². The van der Waals surface area contributed by atoms with E-state index in [1.54, 1.807) is 13.8 Å². The fourth-order valence-electron chi connectivity index (χ4n) is 1.34. The van der Waals surface area contributed by atoms with Gasteiger partial charge in [-0.05, 0) is 19.1 Å². The summed E-state index contributed by atoms with van der Waals surface area (Å²) >= 11 is 5.56. The first-order valence-corrected chi connectivity index (χ1v) is 5.62. The molecular weight excluding hydrogens is 245 g/mol. The predicted octanol–water partition coefficient (Wildman–Crippen LogP) is 2.58. The average molecular weight is 258 g/mol. The number of halogens is 2. The quantitative estimate of drug-likeness (QED) is 0.901. The first-order chi connectivity index (χ1) is 7.97. The van der Waals surface area contributed by atoms with Crippen LogP contribution in [-0.4, -0.2) is 17.7 Å². The normalized spacial score (nSPS) is 12.0. The minimum Gasteiger partial charge on any atom is -0.342 e. The zero-order valence-electron chi connectivity index (χ0n) is 9.59. The SMILES string of the molecule is CCC(=O)C(C)NC(=O)c1cccc(Cl)c1F. The molecule has 1 atom stereocenters. The van der Waals surface area contributed by atoms with Gasteiger partial charge in [0, 0.05) is 6.42 Å². The van der Waals surface area contributed by atoms with Crippen LogP contribution in [0.5, 0.6) is 0 Å². The molecule has 0 radical (unpaired) electrons. The van der Waals surface area contributed by atoms with Crippen molar-refractivity contribution in [1.29, 1.82) is 0 Å². The number of rotatable bonds is 4. The third-order valence-corrected chi connectivity index (χ3v) is 2.67. The van der Waals surface area contributed by atoms with Crippen molar-refractivity contribution in [2.45, 2.75) is 26.3 Å². The molecule has 5 heteroatoms. The van der Waals surface area contributed by atoms with E-state index in [4.69, 9.17) is 11.6 Å². The Kier molecular flexibility index (Phi) is 4.63. The van der Waals surface area contributed by atoms with Gasteiger partial charge in [-0.1, -0.05) is 24.6 Å². The van der Waals surface area contributed by atoms with Crippen LogP contribution in [0.3, 0.4) is 0 Å². The molecule has 0 saturated carbocycles. The fourth-order valence-corrected chi connectivity index (χ4v) is 1.51. The second-order valence-electron chi connectivity index (χ2n) is 3.62. The van der Waals surface area contributed by atoms with E-state index in [2.05, 4.69) is 5.32 Å². The van der Waals surface area contributed by atoms with Gasteiger partial charge < -0.3 is 5.32 Å². The largest absolute Gasteiger partial charge is 0.342 e. The number of hydrogen-bond donors (Lipinski definition) is 1. The lowest BCUT2D eigenvalue weighted by Gasteiger charge is -2.12. The van der Waals surface area contributed by atoms with Crippen molar-refractivity contribution in [3.63, 3.8) is 0 Å². The molecule has 0 aromatic heterocycles. The lowest BCUT2D eigenvalue weighted by molar-refractivity contribution is -0.120. The first kappa shape index (κ1) is 13.6. The fraction of sp³-hybridized carbons (Fsp3) is 0.333. The summed E-state index contributed by atoms with van der Waals surface area (Å²) in [6.45, 7) is 3.26. The maximum atomic E-state index is 13.5. The monoisotopic (exact) mass is 257 g/mol. The predicted molar refractivity (Wildman–Crippen MR) is 63.6 cm³/mol. The van der Waals surface area contributed by atoms with E-state index in [9.17, 15) is 14.0 Å². The summed E-state index contributed by atoms with van der Waals surface area (Å²) in [6.07, 6.45) is 0.319. The van der Waals surface area contributed by atoms with Crippen LogP contribution in [0.4, 0.5) is 4.39 Å². The Morgan fingerprint density at radius 2 is 2.12 bits per heavy atom. The molecular formula is C12H13ClFNO2. The van der Waals surface area contributed by atoms with Crippen LogP contribution in [0.2, 0.25) is 5.02 Å². The van der Waals surface area contributed by atoms with Crippen LogP contribution < -0.4 is 5.32 Å². The minimum absolute atomic E-state index is 0.110. The molecule has 1 aromatic rings. The lowest BCUT2D eigenvalue weighted by Crippen LogP contribution is -2.38. The van der Waals surface area contributed by atoms with Crippen molar-refractivity contribution in [2.24, 2.45) is 0 Å². The van der Waals surface area contributed by atoms with Crippen LogP contribution in [0, 0.1) is 5.82 Å². The zero-order chi connectivity index (χ0) is 13.0. The summed E-state index contributed by atoms with van der Waals surface area (Å²) in [7, 11) is 0. The number of ketones is 1. The van der Waals surface area contributed by atoms with Gasteiger partial charge in [-0.3, -0.25) is 9.59 Å². The van der Waals surface area contributed by atoms with Gasteiger partial charge in [-0.2, -0.15) is 0 Å². The molecule has 1 amide bonds. The van der Waals surface area contributed by atoms with Gasteiger partial charge in [0.05, 0.1) is 16.6 Å². The van der Waals surface area contributed by atoms with Crippen molar-refractivity contribution < 1.29 is 14.0 Å². The lowest BCUT2D eigenvalue weighted by atomic mass is 10.1. The van der Waals surface area contributed by atoms with Gasteiger partial charge in [0.15, 0.2) is 11.6 Å². The average Bonchev–Trinajstić information content (AvgIpc) is 2.31. The van der Waals surface area contributed by atoms with Crippen LogP contribution in [0.25, 0.3) is 0 Å². The summed E-state index contributed by atoms with van der Waals surface area (Å²) < 4.78 is 13.5. The highest BCUT2D eigenvalue weighted by atomic mass is 35.5. The second kappa shape index (κ2) is 5.77. The van der Waals surface area contributed by atoms with Crippen LogP contribution >= 0.6 is 11.6 Å². The number of carbonyl (C=O) groups is 2. The zero-order valence-corrected chi connectivity index (χ0v) is 10.3. The van der Waals surface area contributed by atoms with Gasteiger partial charge >= 0.3 is 0 Å². The number of benzene rings is 1. The molecule has 0 aliphatic rings. The highest BCUT2D eigenvalue weighted by molar-refractivity contribution is 6.31. The molecule has 0 spiro atoms. The topological polar surface area (TPSA) is 46.2 Å². The van der Waals surface area contributed by atoms with Crippen molar-refractivity contribution in [2.75, 3.05) is 0 Å². The Labute approximate surface area is 104 Å². The van der Waals surface area contributed by atoms with Gasteiger partial charge in [0.25, 0.3) is 5.91 Å². The van der Waals surface area contributed by atoms with E-state index in [1.807, 2.05) is 0 Å². The number of Topliss-reactive ketones (excluding diaryl/α,β-unsaturated/α-hetero) is 1. The third kappa shape index (κ3) is 3.27. The molecule has 0 aliphatic heterocycles. The number of nitrogens with one attached hydrogen (secondary N) is 1. The molecule has 0 bridgehead atoms. The third-order valence-electron chi connectivity index (χ3n) is 2.38. The molecule has 3 nitrogen and oxygen atoms in total. The summed E-state index contributed by atoms with van der Waals surface area (Å²) in [6, 6.07) is 3.52. The van der Waals surface area contributed by atoms with E-state index in [-0.39, 0.29) is 16.4 Å². The second-order valence-corrected chi connectivity index (χ2v) is 4.02. The molecule has 0 aliphatic carbocycles. The molecule has 92 valence electrons. The van der Waals surface area contributed by atoms with E-state index >= 15 is 0 Å². The van der Waals surface area contributed by atoms with E-state index < -0.39 is 17.8 Å². The van der Waals surface area contributed by atoms with Crippen LogP contribution in [0.1, 0.15) is 30.6 Å². The summed E-state index contributed by atoms with van der Waals surface area (Å²) in [4.78, 5) is 23.0. The highest BCUT2D eigenvalue weighted by Crippen LogP contribution is 2.17. The van der Waals surface area contributed by atoms with Gasteiger partial charge in [-0.25, -0.2) is 4.39 Å². The van der Waals surface area contributed by atoms with E-state index in [0.29, 0.717) is 6.42 Å². The van der Waals surface area contributed by atoms with Crippen molar-refractivity contribution >= 4 is 23.3 Å². The molecule has 17 heavy (non-hydrogen) atoms. The van der Waals surface area contributed by atoms with Gasteiger partial charge in [0.1, 0.15) is 0 Å². The summed E-state index contributed by atoms with van der Waals surface area (Å²) in [5.41, 5.74) is -0.159. The van der Waals surface area contributed by atoms with Gasteiger partial charge in [0.2, 0.25) is 0 Å². The Morgan fingerprint density at radius 1 is 1.47 bits per heavy atom.